The van der Waals surface area contributed by atoms with Crippen molar-refractivity contribution >= 4 is 15.9 Å². The third-order valence-electron chi connectivity index (χ3n) is 3.96. The molecule has 140 valence electrons. The molecular weight excluding hydrogens is 368 g/mol. The number of sulfonamides is 1. The molecule has 9 heteroatoms. The summed E-state index contributed by atoms with van der Waals surface area (Å²) in [6.45, 7) is 3.48. The van der Waals surface area contributed by atoms with Crippen LogP contribution in [0.1, 0.15) is 34.7 Å². The summed E-state index contributed by atoms with van der Waals surface area (Å²) in [7, 11) is -3.80. The van der Waals surface area contributed by atoms with Gasteiger partial charge >= 0.3 is 0 Å². The van der Waals surface area contributed by atoms with Crippen LogP contribution in [0.25, 0.3) is 11.5 Å². The van der Waals surface area contributed by atoms with Crippen molar-refractivity contribution in [3.8, 4) is 11.5 Å². The fourth-order valence-corrected chi connectivity index (χ4v) is 3.07. The van der Waals surface area contributed by atoms with Gasteiger partial charge in [0.25, 0.3) is 11.8 Å². The second-order valence-electron chi connectivity index (χ2n) is 6.04. The summed E-state index contributed by atoms with van der Waals surface area (Å²) in [5.41, 5.74) is 1.79. The Labute approximate surface area is 156 Å². The normalized spacial score (nSPS) is 12.6. The Hall–Kier alpha value is -3.04. The van der Waals surface area contributed by atoms with E-state index in [1.165, 1.54) is 12.1 Å². The zero-order chi connectivity index (χ0) is 19.6. The maximum absolute atomic E-state index is 12.5. The van der Waals surface area contributed by atoms with Gasteiger partial charge in [0.05, 0.1) is 10.9 Å². The lowest BCUT2D eigenvalue weighted by Gasteiger charge is -2.15. The highest BCUT2D eigenvalue weighted by Crippen LogP contribution is 2.19. The molecule has 0 saturated carbocycles. The van der Waals surface area contributed by atoms with Gasteiger partial charge < -0.3 is 9.84 Å². The first-order valence-corrected chi connectivity index (χ1v) is 9.63. The van der Waals surface area contributed by atoms with E-state index in [2.05, 4.69) is 15.5 Å². The van der Waals surface area contributed by atoms with E-state index in [-0.39, 0.29) is 10.8 Å². The Balaban J connectivity index is 1.73. The van der Waals surface area contributed by atoms with Gasteiger partial charge in [-0.25, -0.2) is 13.6 Å². The van der Waals surface area contributed by atoms with Gasteiger partial charge in [-0.1, -0.05) is 17.3 Å². The largest absolute Gasteiger partial charge is 0.346 e. The summed E-state index contributed by atoms with van der Waals surface area (Å²) in [6.07, 6.45) is 0. The van der Waals surface area contributed by atoms with Crippen molar-refractivity contribution in [3.63, 3.8) is 0 Å². The van der Waals surface area contributed by atoms with Gasteiger partial charge in [-0.2, -0.15) is 4.98 Å². The summed E-state index contributed by atoms with van der Waals surface area (Å²) in [4.78, 5) is 16.6. The zero-order valence-electron chi connectivity index (χ0n) is 14.7. The van der Waals surface area contributed by atoms with Gasteiger partial charge in [0.2, 0.25) is 10.0 Å². The molecule has 0 aliphatic heterocycles. The molecule has 1 heterocycles. The highest BCUT2D eigenvalue weighted by molar-refractivity contribution is 7.89. The van der Waals surface area contributed by atoms with E-state index < -0.39 is 16.1 Å². The van der Waals surface area contributed by atoms with Crippen LogP contribution < -0.4 is 10.5 Å². The van der Waals surface area contributed by atoms with E-state index in [0.29, 0.717) is 28.4 Å². The zero-order valence-corrected chi connectivity index (χ0v) is 15.5. The number of hydrogen-bond acceptors (Lipinski definition) is 6. The molecule has 0 fully saturated rings. The number of aryl methyl sites for hydroxylation is 1. The van der Waals surface area contributed by atoms with E-state index in [4.69, 9.17) is 9.66 Å². The molecule has 3 rings (SSSR count). The average molecular weight is 386 g/mol. The minimum Gasteiger partial charge on any atom is -0.346 e. The van der Waals surface area contributed by atoms with E-state index in [1.807, 2.05) is 0 Å². The van der Waals surface area contributed by atoms with E-state index in [9.17, 15) is 13.2 Å². The first kappa shape index (κ1) is 18.7. The first-order chi connectivity index (χ1) is 12.7. The van der Waals surface area contributed by atoms with Gasteiger partial charge in [0.15, 0.2) is 5.82 Å². The highest BCUT2D eigenvalue weighted by Gasteiger charge is 2.15. The van der Waals surface area contributed by atoms with Crippen LogP contribution >= 0.6 is 0 Å². The molecular formula is C18H18N4O4S. The smallest absolute Gasteiger partial charge is 0.257 e. The van der Waals surface area contributed by atoms with Gasteiger partial charge in [-0.05, 0) is 55.8 Å². The number of rotatable bonds is 5. The van der Waals surface area contributed by atoms with E-state index >= 15 is 0 Å². The van der Waals surface area contributed by atoms with Crippen LogP contribution in [0.3, 0.4) is 0 Å². The van der Waals surface area contributed by atoms with E-state index in [0.717, 1.165) is 0 Å². The maximum atomic E-state index is 12.5. The van der Waals surface area contributed by atoms with Crippen molar-refractivity contribution in [3.05, 3.63) is 65.5 Å². The standard InChI is InChI=1S/C18H18N4O4S/c1-11(15-4-3-5-16(10-15)27(19,24)25)20-17(23)13-6-8-14(9-7-13)18-21-12(2)22-26-18/h3-11H,1-2H3,(H,20,23)(H2,19,24,25). The Bertz CT molecular complexity index is 1070. The minimum atomic E-state index is -3.80. The van der Waals surface area contributed by atoms with Crippen molar-refractivity contribution in [1.29, 1.82) is 0 Å². The lowest BCUT2D eigenvalue weighted by atomic mass is 10.1. The van der Waals surface area contributed by atoms with Gasteiger partial charge in [-0.3, -0.25) is 4.79 Å². The number of nitrogens with two attached hydrogens (primary N) is 1. The van der Waals surface area contributed by atoms with Crippen molar-refractivity contribution in [1.82, 2.24) is 15.5 Å². The lowest BCUT2D eigenvalue weighted by molar-refractivity contribution is 0.0940. The molecule has 0 aliphatic rings. The van der Waals surface area contributed by atoms with Gasteiger partial charge in [0, 0.05) is 11.1 Å². The second-order valence-corrected chi connectivity index (χ2v) is 7.60. The third-order valence-corrected chi connectivity index (χ3v) is 4.87. The Morgan fingerprint density at radius 3 is 2.48 bits per heavy atom. The van der Waals surface area contributed by atoms with Crippen LogP contribution in [0.2, 0.25) is 0 Å². The predicted molar refractivity (Wildman–Crippen MR) is 98.2 cm³/mol. The number of nitrogens with one attached hydrogen (secondary N) is 1. The van der Waals surface area contributed by atoms with Crippen molar-refractivity contribution in [2.45, 2.75) is 24.8 Å². The summed E-state index contributed by atoms with van der Waals surface area (Å²) in [6, 6.07) is 12.5. The van der Waals surface area contributed by atoms with Crippen molar-refractivity contribution in [2.75, 3.05) is 0 Å². The first-order valence-electron chi connectivity index (χ1n) is 8.08. The Kier molecular flexibility index (Phi) is 5.06. The number of amides is 1. The molecule has 1 unspecified atom stereocenters. The van der Waals surface area contributed by atoms with Crippen LogP contribution in [0.5, 0.6) is 0 Å². The molecule has 0 spiro atoms. The second kappa shape index (κ2) is 7.29. The summed E-state index contributed by atoms with van der Waals surface area (Å²) < 4.78 is 28.0. The number of benzene rings is 2. The molecule has 1 aromatic heterocycles. The molecule has 2 aromatic carbocycles. The molecule has 0 bridgehead atoms. The number of aromatic nitrogens is 2. The average Bonchev–Trinajstić information content (AvgIpc) is 3.07. The number of primary sulfonamides is 1. The van der Waals surface area contributed by atoms with Crippen LogP contribution in [-0.2, 0) is 10.0 Å². The molecule has 0 radical (unpaired) electrons. The highest BCUT2D eigenvalue weighted by atomic mass is 32.2. The molecule has 8 nitrogen and oxygen atoms in total. The molecule has 27 heavy (non-hydrogen) atoms. The molecule has 1 amide bonds. The number of carbonyl (C=O) groups excluding carboxylic acids is 1. The topological polar surface area (TPSA) is 128 Å². The third kappa shape index (κ3) is 4.39. The number of nitrogens with zero attached hydrogens (tertiary/aromatic N) is 2. The van der Waals surface area contributed by atoms with Gasteiger partial charge in [-0.15, -0.1) is 0 Å². The van der Waals surface area contributed by atoms with Crippen LogP contribution in [-0.4, -0.2) is 24.5 Å². The monoisotopic (exact) mass is 386 g/mol. The van der Waals surface area contributed by atoms with Crippen molar-refractivity contribution in [2.24, 2.45) is 5.14 Å². The summed E-state index contributed by atoms with van der Waals surface area (Å²) in [5, 5.41) is 11.7. The van der Waals surface area contributed by atoms with Crippen LogP contribution in [0, 0.1) is 6.92 Å². The lowest BCUT2D eigenvalue weighted by Crippen LogP contribution is -2.26. The maximum Gasteiger partial charge on any atom is 0.257 e. The molecule has 0 aliphatic carbocycles. The summed E-state index contributed by atoms with van der Waals surface area (Å²) in [5.74, 6) is 0.617. The summed E-state index contributed by atoms with van der Waals surface area (Å²) >= 11 is 0. The number of hydrogen-bond donors (Lipinski definition) is 2. The molecule has 3 N–H and O–H groups in total. The molecule has 1 atom stereocenters. The minimum absolute atomic E-state index is 0.000280. The molecule has 3 aromatic rings. The quantitative estimate of drug-likeness (QED) is 0.692. The predicted octanol–water partition coefficient (Wildman–Crippen LogP) is 2.18. The van der Waals surface area contributed by atoms with Crippen LogP contribution in [0.15, 0.2) is 57.9 Å². The van der Waals surface area contributed by atoms with Crippen LogP contribution in [0.4, 0.5) is 0 Å². The fourth-order valence-electron chi connectivity index (χ4n) is 2.50. The van der Waals surface area contributed by atoms with E-state index in [1.54, 1.807) is 50.2 Å². The fraction of sp³-hybridized carbons (Fsp3) is 0.167. The van der Waals surface area contributed by atoms with Gasteiger partial charge in [0.1, 0.15) is 0 Å². The number of carbonyl (C=O) groups is 1. The van der Waals surface area contributed by atoms with Crippen molar-refractivity contribution < 1.29 is 17.7 Å². The Morgan fingerprint density at radius 2 is 1.89 bits per heavy atom. The molecule has 0 saturated heterocycles. The Morgan fingerprint density at radius 1 is 1.19 bits per heavy atom. The SMILES string of the molecule is Cc1noc(-c2ccc(C(=O)NC(C)c3cccc(S(N)(=O)=O)c3)cc2)n1.